The van der Waals surface area contributed by atoms with Gasteiger partial charge < -0.3 is 4.90 Å². The van der Waals surface area contributed by atoms with E-state index in [1.165, 1.54) is 38.0 Å². The molecule has 0 aromatic heterocycles. The van der Waals surface area contributed by atoms with Crippen LogP contribution in [0.5, 0.6) is 0 Å². The van der Waals surface area contributed by atoms with E-state index in [0.29, 0.717) is 0 Å². The van der Waals surface area contributed by atoms with Crippen molar-refractivity contribution < 1.29 is 0 Å². The third-order valence-electron chi connectivity index (χ3n) is 2.48. The topological polar surface area (TPSA) is 55.3 Å². The summed E-state index contributed by atoms with van der Waals surface area (Å²) in [6, 6.07) is 10.7. The van der Waals surface area contributed by atoms with Crippen LogP contribution >= 0.6 is 0 Å². The van der Waals surface area contributed by atoms with E-state index in [4.69, 9.17) is 0 Å². The molecule has 3 heteroatoms. The lowest BCUT2D eigenvalue weighted by atomic mass is 10.1. The minimum atomic E-state index is 1.24. The molecule has 0 amide bonds. The third kappa shape index (κ3) is 3.01. The molecule has 0 aliphatic carbocycles. The number of hydrogen-bond donors (Lipinski definition) is 2. The van der Waals surface area contributed by atoms with Gasteiger partial charge in [-0.1, -0.05) is 18.2 Å². The van der Waals surface area contributed by atoms with Crippen LogP contribution in [0.4, 0.5) is 5.69 Å². The van der Waals surface area contributed by atoms with E-state index in [1.807, 2.05) is 0 Å². The summed E-state index contributed by atoms with van der Waals surface area (Å²) in [5.41, 5.74) is 1.39. The Morgan fingerprint density at radius 2 is 1.43 bits per heavy atom. The maximum atomic E-state index is 4.00. The first-order valence-corrected chi connectivity index (χ1v) is 5.10. The summed E-state index contributed by atoms with van der Waals surface area (Å²) >= 11 is 0. The van der Waals surface area contributed by atoms with Crippen molar-refractivity contribution in [1.29, 1.82) is 0 Å². The standard InChI is InChI=1S/C11H15N.H4N2/c1-3-7-11(8-4-1)12-9-5-2-6-10-12;1-2/h1,3-4,7-8H,2,5-6,9-10H2;1-2H2. The zero-order valence-corrected chi connectivity index (χ0v) is 8.52. The Kier molecular flexibility index (Phi) is 5.04. The Bertz CT molecular complexity index is 230. The molecule has 4 N–H and O–H groups in total. The molecule has 14 heavy (non-hydrogen) atoms. The average Bonchev–Trinajstić information content (AvgIpc) is 2.34. The first-order chi connectivity index (χ1) is 6.97. The Balaban J connectivity index is 0.000000461. The molecule has 78 valence electrons. The van der Waals surface area contributed by atoms with Gasteiger partial charge in [-0.15, -0.1) is 0 Å². The van der Waals surface area contributed by atoms with Crippen molar-refractivity contribution >= 4 is 5.69 Å². The van der Waals surface area contributed by atoms with E-state index in [0.717, 1.165) is 0 Å². The minimum absolute atomic E-state index is 1.24. The molecule has 0 spiro atoms. The molecule has 1 saturated heterocycles. The maximum Gasteiger partial charge on any atom is 0.0366 e. The predicted molar refractivity (Wildman–Crippen MR) is 60.9 cm³/mol. The van der Waals surface area contributed by atoms with E-state index in [2.05, 4.69) is 46.9 Å². The monoisotopic (exact) mass is 193 g/mol. The van der Waals surface area contributed by atoms with Crippen LogP contribution in [0.1, 0.15) is 19.3 Å². The van der Waals surface area contributed by atoms with Gasteiger partial charge in [-0.25, -0.2) is 0 Å². The fraction of sp³-hybridized carbons (Fsp3) is 0.455. The van der Waals surface area contributed by atoms with E-state index in [9.17, 15) is 0 Å². The average molecular weight is 193 g/mol. The van der Waals surface area contributed by atoms with Crippen molar-refractivity contribution in [2.24, 2.45) is 11.7 Å². The van der Waals surface area contributed by atoms with Crippen molar-refractivity contribution in [3.05, 3.63) is 30.3 Å². The number of nitrogens with zero attached hydrogens (tertiary/aromatic N) is 1. The van der Waals surface area contributed by atoms with Crippen molar-refractivity contribution in [3.63, 3.8) is 0 Å². The van der Waals surface area contributed by atoms with Gasteiger partial charge in [0.1, 0.15) is 0 Å². The van der Waals surface area contributed by atoms with Crippen LogP contribution in [0.15, 0.2) is 30.3 Å². The normalized spacial score (nSPS) is 15.7. The number of piperidine rings is 1. The van der Waals surface area contributed by atoms with Crippen molar-refractivity contribution in [3.8, 4) is 0 Å². The molecule has 1 aliphatic rings. The van der Waals surface area contributed by atoms with Crippen LogP contribution < -0.4 is 16.6 Å². The molecule has 2 rings (SSSR count). The Labute approximate surface area is 85.7 Å². The number of hydrogen-bond acceptors (Lipinski definition) is 3. The second-order valence-corrected chi connectivity index (χ2v) is 3.38. The fourth-order valence-electron chi connectivity index (χ4n) is 1.79. The number of hydrazine groups is 1. The maximum absolute atomic E-state index is 4.00. The summed E-state index contributed by atoms with van der Waals surface area (Å²) in [7, 11) is 0. The molecule has 0 unspecified atom stereocenters. The highest BCUT2D eigenvalue weighted by molar-refractivity contribution is 5.46. The summed E-state index contributed by atoms with van der Waals surface area (Å²) < 4.78 is 0. The lowest BCUT2D eigenvalue weighted by Gasteiger charge is -2.28. The van der Waals surface area contributed by atoms with Crippen LogP contribution in [0, 0.1) is 0 Å². The molecule has 1 heterocycles. The molecule has 1 aromatic carbocycles. The molecular weight excluding hydrogens is 174 g/mol. The molecule has 0 atom stereocenters. The van der Waals surface area contributed by atoms with Gasteiger partial charge in [0.25, 0.3) is 0 Å². The lowest BCUT2D eigenvalue weighted by molar-refractivity contribution is 0.578. The van der Waals surface area contributed by atoms with Gasteiger partial charge in [0.15, 0.2) is 0 Å². The lowest BCUT2D eigenvalue weighted by Crippen LogP contribution is -2.29. The van der Waals surface area contributed by atoms with Crippen LogP contribution in [-0.4, -0.2) is 13.1 Å². The van der Waals surface area contributed by atoms with Gasteiger partial charge >= 0.3 is 0 Å². The molecule has 0 saturated carbocycles. The summed E-state index contributed by atoms with van der Waals surface area (Å²) in [5.74, 6) is 8.00. The number of benzene rings is 1. The fourth-order valence-corrected chi connectivity index (χ4v) is 1.79. The molecule has 3 nitrogen and oxygen atoms in total. The zero-order chi connectivity index (χ0) is 10.2. The molecule has 1 aromatic rings. The van der Waals surface area contributed by atoms with Crippen LogP contribution in [-0.2, 0) is 0 Å². The Morgan fingerprint density at radius 1 is 0.857 bits per heavy atom. The smallest absolute Gasteiger partial charge is 0.0366 e. The number of para-hydroxylation sites is 1. The van der Waals surface area contributed by atoms with Gasteiger partial charge in [0, 0.05) is 18.8 Å². The first-order valence-electron chi connectivity index (χ1n) is 5.10. The number of rotatable bonds is 1. The highest BCUT2D eigenvalue weighted by Crippen LogP contribution is 2.18. The van der Waals surface area contributed by atoms with E-state index >= 15 is 0 Å². The summed E-state index contributed by atoms with van der Waals surface area (Å²) in [6.45, 7) is 2.48. The molecule has 0 radical (unpaired) electrons. The van der Waals surface area contributed by atoms with Gasteiger partial charge in [0.05, 0.1) is 0 Å². The summed E-state index contributed by atoms with van der Waals surface area (Å²) in [5, 5.41) is 0. The molecule has 1 aliphatic heterocycles. The zero-order valence-electron chi connectivity index (χ0n) is 8.52. The SMILES string of the molecule is NN.c1ccc(N2CCCCC2)cc1. The van der Waals surface area contributed by atoms with Gasteiger partial charge in [-0.3, -0.25) is 11.7 Å². The minimum Gasteiger partial charge on any atom is -0.372 e. The highest BCUT2D eigenvalue weighted by atomic mass is 15.1. The van der Waals surface area contributed by atoms with Gasteiger partial charge in [-0.05, 0) is 31.4 Å². The summed E-state index contributed by atoms with van der Waals surface area (Å²) in [6.07, 6.45) is 4.12. The third-order valence-corrected chi connectivity index (χ3v) is 2.48. The van der Waals surface area contributed by atoms with Crippen LogP contribution in [0.25, 0.3) is 0 Å². The first kappa shape index (κ1) is 11.0. The van der Waals surface area contributed by atoms with Crippen molar-refractivity contribution in [1.82, 2.24) is 0 Å². The van der Waals surface area contributed by atoms with E-state index in [1.54, 1.807) is 0 Å². The van der Waals surface area contributed by atoms with Crippen LogP contribution in [0.3, 0.4) is 0 Å². The van der Waals surface area contributed by atoms with Crippen molar-refractivity contribution in [2.75, 3.05) is 18.0 Å². The van der Waals surface area contributed by atoms with Crippen LogP contribution in [0.2, 0.25) is 0 Å². The predicted octanol–water partition coefficient (Wildman–Crippen LogP) is 1.50. The quantitative estimate of drug-likeness (QED) is 0.525. The molecular formula is C11H19N3. The number of nitrogens with two attached hydrogens (primary N) is 2. The molecule has 0 bridgehead atoms. The Hall–Kier alpha value is -1.06. The van der Waals surface area contributed by atoms with E-state index in [-0.39, 0.29) is 0 Å². The second kappa shape index (κ2) is 6.40. The van der Waals surface area contributed by atoms with Gasteiger partial charge in [0.2, 0.25) is 0 Å². The largest absolute Gasteiger partial charge is 0.372 e. The van der Waals surface area contributed by atoms with Crippen molar-refractivity contribution in [2.45, 2.75) is 19.3 Å². The summed E-state index contributed by atoms with van der Waals surface area (Å²) in [4.78, 5) is 2.48. The Morgan fingerprint density at radius 3 is 2.00 bits per heavy atom. The molecule has 1 fully saturated rings. The van der Waals surface area contributed by atoms with E-state index < -0.39 is 0 Å². The van der Waals surface area contributed by atoms with Gasteiger partial charge in [-0.2, -0.15) is 0 Å². The second-order valence-electron chi connectivity index (χ2n) is 3.38. The number of anilines is 1. The highest BCUT2D eigenvalue weighted by Gasteiger charge is 2.09.